The highest BCUT2D eigenvalue weighted by atomic mass is 19.1. The van der Waals surface area contributed by atoms with E-state index in [9.17, 15) is 9.18 Å². The van der Waals surface area contributed by atoms with E-state index < -0.39 is 5.82 Å². The highest BCUT2D eigenvalue weighted by Crippen LogP contribution is 2.22. The molecule has 21 heavy (non-hydrogen) atoms. The van der Waals surface area contributed by atoms with Gasteiger partial charge in [0.05, 0.1) is 17.6 Å². The minimum Gasteiger partial charge on any atom is -0.352 e. The minimum atomic E-state index is -0.585. The van der Waals surface area contributed by atoms with Crippen molar-refractivity contribution in [3.8, 4) is 6.07 Å². The van der Waals surface area contributed by atoms with Crippen LogP contribution < -0.4 is 5.32 Å². The van der Waals surface area contributed by atoms with E-state index in [2.05, 4.69) is 10.4 Å². The summed E-state index contributed by atoms with van der Waals surface area (Å²) in [6.07, 6.45) is 3.13. The summed E-state index contributed by atoms with van der Waals surface area (Å²) < 4.78 is 15.0. The van der Waals surface area contributed by atoms with E-state index in [1.54, 1.807) is 26.4 Å². The number of nitriles is 1. The molecule has 1 aromatic heterocycles. The Balaban J connectivity index is 2.15. The highest BCUT2D eigenvalue weighted by Gasteiger charge is 2.10. The Morgan fingerprint density at radius 3 is 2.95 bits per heavy atom. The first kappa shape index (κ1) is 14.5. The van der Waals surface area contributed by atoms with Crippen molar-refractivity contribution < 1.29 is 9.18 Å². The molecule has 2 rings (SSSR count). The number of rotatable bonds is 4. The van der Waals surface area contributed by atoms with E-state index in [0.717, 1.165) is 0 Å². The Bertz CT molecular complexity index is 702. The maximum atomic E-state index is 13.5. The van der Waals surface area contributed by atoms with Crippen LogP contribution in [0.5, 0.6) is 0 Å². The zero-order valence-corrected chi connectivity index (χ0v) is 11.7. The van der Waals surface area contributed by atoms with Gasteiger partial charge in [0.2, 0.25) is 5.91 Å². The molecule has 1 aromatic carbocycles. The number of hydrogen-bond donors (Lipinski definition) is 1. The monoisotopic (exact) mass is 287 g/mol. The van der Waals surface area contributed by atoms with Crippen molar-refractivity contribution in [1.82, 2.24) is 14.7 Å². The molecule has 0 unspecified atom stereocenters. The molecule has 0 atom stereocenters. The summed E-state index contributed by atoms with van der Waals surface area (Å²) in [7, 11) is 3.33. The average molecular weight is 287 g/mol. The molecule has 0 radical (unpaired) electrons. The maximum Gasteiger partial charge on any atom is 0.243 e. The predicted molar refractivity (Wildman–Crippen MR) is 75.3 cm³/mol. The van der Waals surface area contributed by atoms with Crippen LogP contribution in [0.15, 0.2) is 30.6 Å². The van der Waals surface area contributed by atoms with Crippen molar-refractivity contribution in [1.29, 1.82) is 5.26 Å². The quantitative estimate of drug-likeness (QED) is 0.929. The van der Waals surface area contributed by atoms with Gasteiger partial charge in [-0.15, -0.1) is 0 Å². The van der Waals surface area contributed by atoms with E-state index in [1.165, 1.54) is 27.9 Å². The van der Waals surface area contributed by atoms with E-state index in [0.29, 0.717) is 11.4 Å². The largest absolute Gasteiger partial charge is 0.352 e. The summed E-state index contributed by atoms with van der Waals surface area (Å²) in [6, 6.07) is 6.15. The third-order valence-corrected chi connectivity index (χ3v) is 2.83. The number of amides is 1. The van der Waals surface area contributed by atoms with Crippen molar-refractivity contribution in [2.24, 2.45) is 0 Å². The number of nitrogens with one attached hydrogen (secondary N) is 1. The lowest BCUT2D eigenvalue weighted by Gasteiger charge is -2.09. The van der Waals surface area contributed by atoms with Crippen LogP contribution in [0.25, 0.3) is 0 Å². The van der Waals surface area contributed by atoms with E-state index in [-0.39, 0.29) is 18.0 Å². The van der Waals surface area contributed by atoms with Crippen LogP contribution in [-0.4, -0.2) is 34.7 Å². The summed E-state index contributed by atoms with van der Waals surface area (Å²) in [4.78, 5) is 13.0. The van der Waals surface area contributed by atoms with E-state index in [1.807, 2.05) is 6.07 Å². The topological polar surface area (TPSA) is 74.0 Å². The number of benzene rings is 1. The average Bonchev–Trinajstić information content (AvgIpc) is 2.86. The third kappa shape index (κ3) is 3.36. The lowest BCUT2D eigenvalue weighted by molar-refractivity contribution is -0.129. The van der Waals surface area contributed by atoms with Crippen LogP contribution in [0, 0.1) is 17.1 Å². The number of aromatic nitrogens is 2. The molecule has 0 aliphatic heterocycles. The van der Waals surface area contributed by atoms with Gasteiger partial charge in [-0.3, -0.25) is 9.48 Å². The summed E-state index contributed by atoms with van der Waals surface area (Å²) in [5.41, 5.74) is 0.870. The Kier molecular flexibility index (Phi) is 4.18. The van der Waals surface area contributed by atoms with E-state index in [4.69, 9.17) is 5.26 Å². The van der Waals surface area contributed by atoms with Gasteiger partial charge in [0.15, 0.2) is 0 Å². The molecule has 1 heterocycles. The fraction of sp³-hybridized carbons (Fsp3) is 0.214. The highest BCUT2D eigenvalue weighted by molar-refractivity contribution is 5.75. The second-order valence-electron chi connectivity index (χ2n) is 4.61. The summed E-state index contributed by atoms with van der Waals surface area (Å²) >= 11 is 0. The number of carbonyl (C=O) groups is 1. The molecule has 2 aromatic rings. The van der Waals surface area contributed by atoms with Crippen LogP contribution >= 0.6 is 0 Å². The third-order valence-electron chi connectivity index (χ3n) is 2.83. The molecular weight excluding hydrogens is 273 g/mol. The van der Waals surface area contributed by atoms with Gasteiger partial charge in [0.25, 0.3) is 0 Å². The zero-order valence-electron chi connectivity index (χ0n) is 11.7. The molecular formula is C14H14FN5O. The van der Waals surface area contributed by atoms with Crippen molar-refractivity contribution >= 4 is 17.3 Å². The lowest BCUT2D eigenvalue weighted by Crippen LogP contribution is -2.26. The van der Waals surface area contributed by atoms with Gasteiger partial charge < -0.3 is 10.2 Å². The minimum absolute atomic E-state index is 0.0605. The second kappa shape index (κ2) is 6.05. The van der Waals surface area contributed by atoms with Crippen LogP contribution in [-0.2, 0) is 11.3 Å². The number of carbonyl (C=O) groups excluding carboxylic acids is 1. The molecule has 1 N–H and O–H groups in total. The van der Waals surface area contributed by atoms with Crippen molar-refractivity contribution in [2.75, 3.05) is 19.4 Å². The van der Waals surface area contributed by atoms with Crippen LogP contribution in [0.4, 0.5) is 15.8 Å². The first-order valence-electron chi connectivity index (χ1n) is 6.19. The van der Waals surface area contributed by atoms with Crippen LogP contribution in [0.2, 0.25) is 0 Å². The molecule has 0 bridgehead atoms. The number of likely N-dealkylation sites (N-methyl/N-ethyl adjacent to an activating group) is 1. The predicted octanol–water partition coefficient (Wildman–Crippen LogP) is 1.73. The van der Waals surface area contributed by atoms with Gasteiger partial charge >= 0.3 is 0 Å². The fourth-order valence-corrected chi connectivity index (χ4v) is 1.69. The number of nitrogens with zero attached hydrogens (tertiary/aromatic N) is 4. The second-order valence-corrected chi connectivity index (χ2v) is 4.61. The summed E-state index contributed by atoms with van der Waals surface area (Å²) in [5.74, 6) is -0.675. The van der Waals surface area contributed by atoms with Gasteiger partial charge in [-0.1, -0.05) is 6.07 Å². The fourth-order valence-electron chi connectivity index (χ4n) is 1.69. The van der Waals surface area contributed by atoms with Gasteiger partial charge in [0.1, 0.15) is 24.0 Å². The Hall–Kier alpha value is -2.88. The van der Waals surface area contributed by atoms with Gasteiger partial charge in [-0.25, -0.2) is 4.39 Å². The van der Waals surface area contributed by atoms with Gasteiger partial charge in [0, 0.05) is 20.3 Å². The zero-order chi connectivity index (χ0) is 15.4. The van der Waals surface area contributed by atoms with Gasteiger partial charge in [-0.2, -0.15) is 10.4 Å². The molecule has 1 amide bonds. The Labute approximate surface area is 121 Å². The van der Waals surface area contributed by atoms with Crippen molar-refractivity contribution in [3.05, 3.63) is 42.0 Å². The molecule has 0 aliphatic carbocycles. The Morgan fingerprint density at radius 1 is 1.52 bits per heavy atom. The lowest BCUT2D eigenvalue weighted by atomic mass is 10.2. The first-order chi connectivity index (χ1) is 10.0. The van der Waals surface area contributed by atoms with E-state index >= 15 is 0 Å². The van der Waals surface area contributed by atoms with Gasteiger partial charge in [-0.05, 0) is 12.1 Å². The molecule has 0 aliphatic rings. The standard InChI is InChI=1S/C14H14FN5O/c1-19(2)14(21)9-20-8-10(7-17-20)18-13-5-3-4-12(15)11(13)6-16/h3-5,7-8,18H,9H2,1-2H3. The summed E-state index contributed by atoms with van der Waals surface area (Å²) in [6.45, 7) is 0.114. The van der Waals surface area contributed by atoms with Crippen molar-refractivity contribution in [2.45, 2.75) is 6.54 Å². The Morgan fingerprint density at radius 2 is 2.29 bits per heavy atom. The number of anilines is 2. The smallest absolute Gasteiger partial charge is 0.243 e. The molecule has 6 nitrogen and oxygen atoms in total. The van der Waals surface area contributed by atoms with Crippen LogP contribution in [0.1, 0.15) is 5.56 Å². The van der Waals surface area contributed by atoms with Crippen molar-refractivity contribution in [3.63, 3.8) is 0 Å². The summed E-state index contributed by atoms with van der Waals surface area (Å²) in [5, 5.41) is 15.9. The molecule has 0 fully saturated rings. The maximum absolute atomic E-state index is 13.5. The molecule has 0 saturated carbocycles. The number of hydrogen-bond acceptors (Lipinski definition) is 4. The molecule has 0 spiro atoms. The molecule has 108 valence electrons. The number of halogens is 1. The molecule has 7 heteroatoms. The SMILES string of the molecule is CN(C)C(=O)Cn1cc(Nc2cccc(F)c2C#N)cn1. The normalized spacial score (nSPS) is 10.0. The molecule has 0 saturated heterocycles. The van der Waals surface area contributed by atoms with Crippen LogP contribution in [0.3, 0.4) is 0 Å². The first-order valence-corrected chi connectivity index (χ1v) is 6.19.